The minimum absolute atomic E-state index is 0.0177. The number of nitrogens with one attached hydrogen (secondary N) is 3. The number of rotatable bonds is 6. The number of urea groups is 1. The minimum atomic E-state index is -0.0177. The SMILES string of the molecule is CCCNC(=O)NCC1CC[NH+](Cc2ccccc2)CC1. The lowest BCUT2D eigenvalue weighted by molar-refractivity contribution is -0.919. The molecule has 0 spiro atoms. The number of carbonyl (C=O) groups is 1. The second-order valence-corrected chi connectivity index (χ2v) is 5.99. The third-order valence-corrected chi connectivity index (χ3v) is 4.20. The van der Waals surface area contributed by atoms with Gasteiger partial charge in [0, 0.05) is 31.5 Å². The van der Waals surface area contributed by atoms with E-state index >= 15 is 0 Å². The number of benzene rings is 1. The summed E-state index contributed by atoms with van der Waals surface area (Å²) in [7, 11) is 0. The Balaban J connectivity index is 1.63. The Morgan fingerprint density at radius 3 is 2.57 bits per heavy atom. The van der Waals surface area contributed by atoms with Crippen LogP contribution in [0.4, 0.5) is 4.79 Å². The maximum atomic E-state index is 11.5. The molecule has 0 bridgehead atoms. The fourth-order valence-electron chi connectivity index (χ4n) is 2.89. The van der Waals surface area contributed by atoms with Gasteiger partial charge in [0.05, 0.1) is 13.1 Å². The predicted octanol–water partition coefficient (Wildman–Crippen LogP) is 1.19. The summed E-state index contributed by atoms with van der Waals surface area (Å²) in [5.74, 6) is 0.636. The summed E-state index contributed by atoms with van der Waals surface area (Å²) in [5.41, 5.74) is 1.42. The molecule has 2 rings (SSSR count). The van der Waals surface area contributed by atoms with Gasteiger partial charge < -0.3 is 15.5 Å². The van der Waals surface area contributed by atoms with E-state index < -0.39 is 0 Å². The van der Waals surface area contributed by atoms with Crippen LogP contribution in [-0.2, 0) is 6.54 Å². The summed E-state index contributed by atoms with van der Waals surface area (Å²) in [6.45, 7) is 7.17. The van der Waals surface area contributed by atoms with E-state index in [1.165, 1.54) is 31.5 Å². The highest BCUT2D eigenvalue weighted by Gasteiger charge is 2.22. The molecule has 1 aromatic carbocycles. The predicted molar refractivity (Wildman–Crippen MR) is 85.3 cm³/mol. The lowest BCUT2D eigenvalue weighted by Crippen LogP contribution is -3.11. The van der Waals surface area contributed by atoms with E-state index in [0.29, 0.717) is 5.92 Å². The van der Waals surface area contributed by atoms with Gasteiger partial charge in [0.2, 0.25) is 0 Å². The summed E-state index contributed by atoms with van der Waals surface area (Å²) in [6.07, 6.45) is 3.39. The van der Waals surface area contributed by atoms with Crippen LogP contribution in [0.1, 0.15) is 31.7 Å². The largest absolute Gasteiger partial charge is 0.338 e. The van der Waals surface area contributed by atoms with Gasteiger partial charge in [-0.1, -0.05) is 37.3 Å². The van der Waals surface area contributed by atoms with E-state index in [9.17, 15) is 4.79 Å². The average Bonchev–Trinajstić information content (AvgIpc) is 2.53. The highest BCUT2D eigenvalue weighted by molar-refractivity contribution is 5.73. The van der Waals surface area contributed by atoms with Crippen LogP contribution < -0.4 is 15.5 Å². The molecule has 0 aromatic heterocycles. The molecule has 21 heavy (non-hydrogen) atoms. The zero-order valence-corrected chi connectivity index (χ0v) is 13.0. The number of quaternary nitrogens is 1. The van der Waals surface area contributed by atoms with Gasteiger partial charge in [0.15, 0.2) is 0 Å². The Labute approximate surface area is 127 Å². The minimum Gasteiger partial charge on any atom is -0.338 e. The van der Waals surface area contributed by atoms with E-state index in [1.54, 1.807) is 4.90 Å². The molecule has 116 valence electrons. The van der Waals surface area contributed by atoms with Crippen LogP contribution in [-0.4, -0.2) is 32.2 Å². The Bertz CT molecular complexity index is 413. The van der Waals surface area contributed by atoms with Gasteiger partial charge in [-0.15, -0.1) is 0 Å². The molecular weight excluding hydrogens is 262 g/mol. The number of likely N-dealkylation sites (tertiary alicyclic amines) is 1. The molecule has 1 aromatic rings. The molecule has 3 N–H and O–H groups in total. The average molecular weight is 290 g/mol. The molecule has 0 aliphatic carbocycles. The summed E-state index contributed by atoms with van der Waals surface area (Å²) in [6, 6.07) is 10.7. The van der Waals surface area contributed by atoms with Gasteiger partial charge >= 0.3 is 6.03 Å². The molecule has 0 radical (unpaired) electrons. The first-order chi connectivity index (χ1) is 10.3. The molecule has 1 aliphatic heterocycles. The molecule has 2 amide bonds. The molecule has 1 saturated heterocycles. The van der Waals surface area contributed by atoms with Crippen molar-refractivity contribution in [2.24, 2.45) is 5.92 Å². The molecule has 0 atom stereocenters. The van der Waals surface area contributed by atoms with Gasteiger partial charge in [0.25, 0.3) is 0 Å². The van der Waals surface area contributed by atoms with Crippen molar-refractivity contribution in [3.05, 3.63) is 35.9 Å². The van der Waals surface area contributed by atoms with Gasteiger partial charge in [-0.2, -0.15) is 0 Å². The molecule has 4 nitrogen and oxygen atoms in total. The van der Waals surface area contributed by atoms with E-state index in [1.807, 2.05) is 0 Å². The van der Waals surface area contributed by atoms with E-state index in [4.69, 9.17) is 0 Å². The smallest absolute Gasteiger partial charge is 0.314 e. The normalized spacial score (nSPS) is 21.8. The van der Waals surface area contributed by atoms with Crippen LogP contribution in [0.15, 0.2) is 30.3 Å². The zero-order chi connectivity index (χ0) is 14.9. The van der Waals surface area contributed by atoms with Crippen LogP contribution in [0.25, 0.3) is 0 Å². The first-order valence-corrected chi connectivity index (χ1v) is 8.17. The maximum Gasteiger partial charge on any atom is 0.314 e. The van der Waals surface area contributed by atoms with Crippen molar-refractivity contribution in [3.8, 4) is 0 Å². The molecule has 1 aliphatic rings. The van der Waals surface area contributed by atoms with E-state index in [2.05, 4.69) is 47.9 Å². The molecule has 4 heteroatoms. The lowest BCUT2D eigenvalue weighted by Gasteiger charge is -2.29. The Hall–Kier alpha value is -1.55. The second kappa shape index (κ2) is 8.67. The van der Waals surface area contributed by atoms with Gasteiger partial charge in [0.1, 0.15) is 6.54 Å². The van der Waals surface area contributed by atoms with Crippen LogP contribution in [0, 0.1) is 5.92 Å². The van der Waals surface area contributed by atoms with Crippen molar-refractivity contribution in [3.63, 3.8) is 0 Å². The number of hydrogen-bond donors (Lipinski definition) is 3. The Morgan fingerprint density at radius 1 is 1.19 bits per heavy atom. The lowest BCUT2D eigenvalue weighted by atomic mass is 9.96. The van der Waals surface area contributed by atoms with Crippen molar-refractivity contribution in [1.82, 2.24) is 10.6 Å². The number of carbonyl (C=O) groups excluding carboxylic acids is 1. The molecular formula is C17H28N3O+. The van der Waals surface area contributed by atoms with Crippen molar-refractivity contribution in [1.29, 1.82) is 0 Å². The Morgan fingerprint density at radius 2 is 1.90 bits per heavy atom. The van der Waals surface area contributed by atoms with Crippen molar-refractivity contribution >= 4 is 6.03 Å². The zero-order valence-electron chi connectivity index (χ0n) is 13.0. The van der Waals surface area contributed by atoms with Crippen LogP contribution in [0.2, 0.25) is 0 Å². The summed E-state index contributed by atoms with van der Waals surface area (Å²) >= 11 is 0. The molecule has 0 unspecified atom stereocenters. The number of amides is 2. The topological polar surface area (TPSA) is 45.6 Å². The highest BCUT2D eigenvalue weighted by atomic mass is 16.2. The number of piperidine rings is 1. The van der Waals surface area contributed by atoms with Gasteiger partial charge in [-0.25, -0.2) is 4.79 Å². The third-order valence-electron chi connectivity index (χ3n) is 4.20. The quantitative estimate of drug-likeness (QED) is 0.724. The van der Waals surface area contributed by atoms with Gasteiger partial charge in [-0.05, 0) is 12.3 Å². The first-order valence-electron chi connectivity index (χ1n) is 8.17. The molecule has 1 fully saturated rings. The third kappa shape index (κ3) is 5.76. The van der Waals surface area contributed by atoms with Crippen molar-refractivity contribution < 1.29 is 9.69 Å². The van der Waals surface area contributed by atoms with E-state index in [-0.39, 0.29) is 6.03 Å². The van der Waals surface area contributed by atoms with Crippen molar-refractivity contribution in [2.75, 3.05) is 26.2 Å². The highest BCUT2D eigenvalue weighted by Crippen LogP contribution is 2.08. The summed E-state index contributed by atoms with van der Waals surface area (Å²) in [5, 5.41) is 5.85. The van der Waals surface area contributed by atoms with Crippen LogP contribution in [0.3, 0.4) is 0 Å². The monoisotopic (exact) mass is 290 g/mol. The van der Waals surface area contributed by atoms with Crippen LogP contribution >= 0.6 is 0 Å². The molecule has 1 heterocycles. The maximum absolute atomic E-state index is 11.5. The van der Waals surface area contributed by atoms with Gasteiger partial charge in [-0.3, -0.25) is 0 Å². The Kier molecular flexibility index (Phi) is 6.54. The number of hydrogen-bond acceptors (Lipinski definition) is 1. The van der Waals surface area contributed by atoms with E-state index in [0.717, 1.165) is 26.1 Å². The summed E-state index contributed by atoms with van der Waals surface area (Å²) in [4.78, 5) is 13.2. The molecule has 0 saturated carbocycles. The second-order valence-electron chi connectivity index (χ2n) is 5.99. The van der Waals surface area contributed by atoms with Crippen LogP contribution in [0.5, 0.6) is 0 Å². The fourth-order valence-corrected chi connectivity index (χ4v) is 2.89. The first kappa shape index (κ1) is 15.8. The van der Waals surface area contributed by atoms with Crippen molar-refractivity contribution in [2.45, 2.75) is 32.7 Å². The fraction of sp³-hybridized carbons (Fsp3) is 0.588. The summed E-state index contributed by atoms with van der Waals surface area (Å²) < 4.78 is 0. The standard InChI is InChI=1S/C17H27N3O/c1-2-10-18-17(21)19-13-15-8-11-20(12-9-15)14-16-6-4-3-5-7-16/h3-7,15H,2,8-14H2,1H3,(H2,18,19,21)/p+1.